The number of fused-ring (bicyclic) bond motifs is 5. The number of phenols is 1. The zero-order chi connectivity index (χ0) is 21.8. The highest BCUT2D eigenvalue weighted by atomic mass is 16.6. The Balaban J connectivity index is 1.77. The monoisotopic (exact) mass is 419 g/mol. The molecule has 1 N–H and O–H groups in total. The Morgan fingerprint density at radius 1 is 0.750 bits per heavy atom. The number of aromatic hydroxyl groups is 1. The lowest BCUT2D eigenvalue weighted by Gasteiger charge is -2.31. The summed E-state index contributed by atoms with van der Waals surface area (Å²) < 4.78 is 6.22. The Kier molecular flexibility index (Phi) is 3.92. The quantitative estimate of drug-likeness (QED) is 0.245. The van der Waals surface area contributed by atoms with E-state index in [-0.39, 0.29) is 11.4 Å². The van der Waals surface area contributed by atoms with Crippen LogP contribution in [0.25, 0.3) is 21.5 Å². The fourth-order valence-corrected chi connectivity index (χ4v) is 4.79. The molecule has 5 aromatic carbocycles. The average Bonchev–Trinajstić information content (AvgIpc) is 2.82. The molecule has 1 aliphatic heterocycles. The second-order valence-corrected chi connectivity index (χ2v) is 7.93. The molecule has 0 saturated heterocycles. The Bertz CT molecular complexity index is 1510. The zero-order valence-electron chi connectivity index (χ0n) is 16.9. The van der Waals surface area contributed by atoms with Gasteiger partial charge in [0.1, 0.15) is 17.2 Å². The third-order valence-corrected chi connectivity index (χ3v) is 6.19. The van der Waals surface area contributed by atoms with Crippen molar-refractivity contribution in [3.8, 4) is 17.2 Å². The third kappa shape index (κ3) is 2.65. The lowest BCUT2D eigenvalue weighted by molar-refractivity contribution is -0.384. The summed E-state index contributed by atoms with van der Waals surface area (Å²) in [7, 11) is 0. The minimum Gasteiger partial charge on any atom is -0.508 e. The lowest BCUT2D eigenvalue weighted by Crippen LogP contribution is -2.13. The number of phenolic OH excluding ortho intramolecular Hbond substituents is 1. The highest BCUT2D eigenvalue weighted by molar-refractivity contribution is 5.94. The molecular weight excluding hydrogens is 402 g/mol. The number of nitro groups is 1. The molecule has 0 spiro atoms. The van der Waals surface area contributed by atoms with Crippen molar-refractivity contribution in [2.45, 2.75) is 5.92 Å². The molecule has 5 heteroatoms. The molecule has 0 aromatic heterocycles. The Morgan fingerprint density at radius 2 is 1.38 bits per heavy atom. The predicted molar refractivity (Wildman–Crippen MR) is 124 cm³/mol. The molecule has 1 heterocycles. The summed E-state index contributed by atoms with van der Waals surface area (Å²) in [5, 5.41) is 26.6. The highest BCUT2D eigenvalue weighted by Gasteiger charge is 2.34. The molecule has 0 bridgehead atoms. The largest absolute Gasteiger partial charge is 0.508 e. The van der Waals surface area contributed by atoms with Crippen LogP contribution in [-0.4, -0.2) is 10.0 Å². The summed E-state index contributed by atoms with van der Waals surface area (Å²) in [6.07, 6.45) is 0. The number of rotatable bonds is 2. The minimum absolute atomic E-state index is 0.0132. The molecular formula is C27H17NO4. The van der Waals surface area contributed by atoms with Crippen molar-refractivity contribution < 1.29 is 14.8 Å². The number of ether oxygens (including phenoxy) is 1. The molecule has 154 valence electrons. The van der Waals surface area contributed by atoms with Crippen LogP contribution in [0.2, 0.25) is 0 Å². The summed E-state index contributed by atoms with van der Waals surface area (Å²) in [4.78, 5) is 11.2. The van der Waals surface area contributed by atoms with Crippen LogP contribution in [-0.2, 0) is 0 Å². The molecule has 0 fully saturated rings. The zero-order valence-corrected chi connectivity index (χ0v) is 16.9. The smallest absolute Gasteiger partial charge is 0.270 e. The van der Waals surface area contributed by atoms with Crippen molar-refractivity contribution in [1.29, 1.82) is 0 Å². The van der Waals surface area contributed by atoms with E-state index in [1.54, 1.807) is 18.2 Å². The number of benzene rings is 5. The van der Waals surface area contributed by atoms with Crippen LogP contribution >= 0.6 is 0 Å². The maximum absolute atomic E-state index is 11.6. The SMILES string of the molecule is O=[N+]([O-])c1ccc2c(c1)[C@@H](c1c(O)ccc3ccccc13)c1c(ccc3ccccc13)O2. The minimum atomic E-state index is -0.439. The molecule has 0 unspecified atom stereocenters. The van der Waals surface area contributed by atoms with Gasteiger partial charge in [0.2, 0.25) is 0 Å². The van der Waals surface area contributed by atoms with E-state index in [4.69, 9.17) is 4.74 Å². The highest BCUT2D eigenvalue weighted by Crippen LogP contribution is 2.53. The van der Waals surface area contributed by atoms with Gasteiger partial charge >= 0.3 is 0 Å². The predicted octanol–water partition coefficient (Wildman–Crippen LogP) is 6.89. The maximum atomic E-state index is 11.6. The van der Waals surface area contributed by atoms with Gasteiger partial charge in [-0.25, -0.2) is 0 Å². The third-order valence-electron chi connectivity index (χ3n) is 6.19. The van der Waals surface area contributed by atoms with Crippen molar-refractivity contribution in [1.82, 2.24) is 0 Å². The van der Waals surface area contributed by atoms with Crippen LogP contribution in [0.3, 0.4) is 0 Å². The van der Waals surface area contributed by atoms with E-state index in [2.05, 4.69) is 0 Å². The lowest BCUT2D eigenvalue weighted by atomic mass is 9.78. The Hall–Kier alpha value is -4.38. The molecule has 5 aromatic rings. The molecule has 5 nitrogen and oxygen atoms in total. The van der Waals surface area contributed by atoms with Crippen molar-refractivity contribution in [2.75, 3.05) is 0 Å². The van der Waals surface area contributed by atoms with Gasteiger partial charge in [-0.15, -0.1) is 0 Å². The molecule has 0 amide bonds. The Morgan fingerprint density at radius 3 is 2.09 bits per heavy atom. The summed E-state index contributed by atoms with van der Waals surface area (Å²) in [6, 6.07) is 28.0. The number of hydrogen-bond donors (Lipinski definition) is 1. The van der Waals surface area contributed by atoms with Crippen molar-refractivity contribution in [3.63, 3.8) is 0 Å². The second-order valence-electron chi connectivity index (χ2n) is 7.93. The first kappa shape index (κ1) is 18.4. The van der Waals surface area contributed by atoms with E-state index in [9.17, 15) is 15.2 Å². The van der Waals surface area contributed by atoms with Gasteiger partial charge in [-0.1, -0.05) is 60.7 Å². The van der Waals surface area contributed by atoms with Crippen LogP contribution in [0, 0.1) is 10.1 Å². The standard InChI is InChI=1S/C27H17NO4/c29-22-12-9-16-5-1-3-7-19(16)25(22)27-21-15-18(28(30)31)11-14-23(21)32-24-13-10-17-6-2-4-8-20(17)26(24)27/h1-15,27,29H/t27-/m0/s1. The van der Waals surface area contributed by atoms with E-state index >= 15 is 0 Å². The maximum Gasteiger partial charge on any atom is 0.270 e. The van der Waals surface area contributed by atoms with Gasteiger partial charge < -0.3 is 9.84 Å². The van der Waals surface area contributed by atoms with Gasteiger partial charge in [-0.2, -0.15) is 0 Å². The second kappa shape index (κ2) is 6.82. The number of non-ortho nitro benzene ring substituents is 1. The van der Waals surface area contributed by atoms with Crippen molar-refractivity contribution in [2.24, 2.45) is 0 Å². The van der Waals surface area contributed by atoms with Gasteiger partial charge in [-0.3, -0.25) is 10.1 Å². The first-order chi connectivity index (χ1) is 15.6. The first-order valence-electron chi connectivity index (χ1n) is 10.3. The summed E-state index contributed by atoms with van der Waals surface area (Å²) in [6.45, 7) is 0. The van der Waals surface area contributed by atoms with Crippen molar-refractivity contribution in [3.05, 3.63) is 118 Å². The topological polar surface area (TPSA) is 72.6 Å². The molecule has 1 aliphatic rings. The fourth-order valence-electron chi connectivity index (χ4n) is 4.79. The molecule has 32 heavy (non-hydrogen) atoms. The van der Waals surface area contributed by atoms with Crippen LogP contribution in [0.5, 0.6) is 17.2 Å². The van der Waals surface area contributed by atoms with Gasteiger partial charge in [0, 0.05) is 34.7 Å². The van der Waals surface area contributed by atoms with E-state index in [0.717, 1.165) is 27.1 Å². The molecule has 6 rings (SSSR count). The van der Waals surface area contributed by atoms with Gasteiger partial charge in [0.15, 0.2) is 0 Å². The number of nitrogens with zero attached hydrogens (tertiary/aromatic N) is 1. The molecule has 0 aliphatic carbocycles. The summed E-state index contributed by atoms with van der Waals surface area (Å²) in [5.41, 5.74) is 2.25. The number of hydrogen-bond acceptors (Lipinski definition) is 4. The molecule has 0 saturated carbocycles. The fraction of sp³-hybridized carbons (Fsp3) is 0.0370. The van der Waals surface area contributed by atoms with E-state index < -0.39 is 10.8 Å². The average molecular weight is 419 g/mol. The van der Waals surface area contributed by atoms with E-state index in [1.165, 1.54) is 6.07 Å². The van der Waals surface area contributed by atoms with E-state index in [0.29, 0.717) is 22.6 Å². The Labute approximate surface area is 183 Å². The van der Waals surface area contributed by atoms with Gasteiger partial charge in [0.05, 0.1) is 4.92 Å². The first-order valence-corrected chi connectivity index (χ1v) is 10.3. The summed E-state index contributed by atoms with van der Waals surface area (Å²) in [5.74, 6) is 0.941. The number of nitro benzene ring substituents is 1. The van der Waals surface area contributed by atoms with Crippen LogP contribution in [0.1, 0.15) is 22.6 Å². The van der Waals surface area contributed by atoms with Gasteiger partial charge in [0.25, 0.3) is 5.69 Å². The molecule has 1 atom stereocenters. The van der Waals surface area contributed by atoms with Crippen LogP contribution < -0.4 is 4.74 Å². The normalized spacial score (nSPS) is 14.6. The van der Waals surface area contributed by atoms with Crippen LogP contribution in [0.4, 0.5) is 5.69 Å². The van der Waals surface area contributed by atoms with Crippen molar-refractivity contribution >= 4 is 27.2 Å². The summed E-state index contributed by atoms with van der Waals surface area (Å²) >= 11 is 0. The van der Waals surface area contributed by atoms with E-state index in [1.807, 2.05) is 66.7 Å². The molecule has 0 radical (unpaired) electrons. The van der Waals surface area contributed by atoms with Gasteiger partial charge in [-0.05, 0) is 39.7 Å². The van der Waals surface area contributed by atoms with Crippen LogP contribution in [0.15, 0.2) is 91.0 Å².